The number of rotatable bonds is 5. The summed E-state index contributed by atoms with van der Waals surface area (Å²) in [6.07, 6.45) is 0.339. The molecule has 1 atom stereocenters. The Hall–Kier alpha value is -1.80. The first-order chi connectivity index (χ1) is 9.58. The Morgan fingerprint density at radius 1 is 1.00 bits per heavy atom. The maximum atomic E-state index is 9.75. The van der Waals surface area contributed by atoms with Crippen molar-refractivity contribution < 1.29 is 9.84 Å². The summed E-state index contributed by atoms with van der Waals surface area (Å²) in [4.78, 5) is 0. The van der Waals surface area contributed by atoms with Crippen LogP contribution in [0.5, 0.6) is 5.75 Å². The van der Waals surface area contributed by atoms with E-state index >= 15 is 0 Å². The third kappa shape index (κ3) is 3.84. The highest BCUT2D eigenvalue weighted by Crippen LogP contribution is 2.20. The van der Waals surface area contributed by atoms with Crippen LogP contribution in [0.4, 0.5) is 0 Å². The van der Waals surface area contributed by atoms with Gasteiger partial charge in [0, 0.05) is 0 Å². The SMILES string of the molecule is CCC(O)c1ccc(OCc2cc(C)cc(C)c2)cc1. The minimum atomic E-state index is -0.386. The van der Waals surface area contributed by atoms with Crippen LogP contribution in [0.1, 0.15) is 41.7 Å². The van der Waals surface area contributed by atoms with Gasteiger partial charge in [-0.15, -0.1) is 0 Å². The quantitative estimate of drug-likeness (QED) is 0.876. The van der Waals surface area contributed by atoms with Gasteiger partial charge in [0.15, 0.2) is 0 Å². The van der Waals surface area contributed by atoms with Gasteiger partial charge in [-0.05, 0) is 43.5 Å². The molecule has 2 rings (SSSR count). The number of hydrogen-bond donors (Lipinski definition) is 1. The van der Waals surface area contributed by atoms with Crippen molar-refractivity contribution in [2.45, 2.75) is 39.9 Å². The van der Waals surface area contributed by atoms with E-state index in [1.807, 2.05) is 31.2 Å². The minimum Gasteiger partial charge on any atom is -0.489 e. The smallest absolute Gasteiger partial charge is 0.119 e. The summed E-state index contributed by atoms with van der Waals surface area (Å²) >= 11 is 0. The van der Waals surface area contributed by atoms with Crippen LogP contribution in [0, 0.1) is 13.8 Å². The van der Waals surface area contributed by atoms with Crippen molar-refractivity contribution in [1.82, 2.24) is 0 Å². The van der Waals surface area contributed by atoms with E-state index in [-0.39, 0.29) is 6.10 Å². The number of aryl methyl sites for hydroxylation is 2. The van der Waals surface area contributed by atoms with Crippen molar-refractivity contribution in [2.24, 2.45) is 0 Å². The Labute approximate surface area is 121 Å². The average molecular weight is 270 g/mol. The van der Waals surface area contributed by atoms with Gasteiger partial charge in [0.05, 0.1) is 6.10 Å². The molecule has 2 aromatic carbocycles. The lowest BCUT2D eigenvalue weighted by Crippen LogP contribution is -1.98. The Morgan fingerprint density at radius 3 is 2.15 bits per heavy atom. The van der Waals surface area contributed by atoms with Crippen LogP contribution in [-0.2, 0) is 6.61 Å². The van der Waals surface area contributed by atoms with Gasteiger partial charge in [-0.3, -0.25) is 0 Å². The van der Waals surface area contributed by atoms with E-state index in [9.17, 15) is 5.11 Å². The molecule has 20 heavy (non-hydrogen) atoms. The zero-order valence-electron chi connectivity index (χ0n) is 12.4. The van der Waals surface area contributed by atoms with Crippen molar-refractivity contribution in [3.05, 3.63) is 64.7 Å². The molecule has 0 aliphatic heterocycles. The fraction of sp³-hybridized carbons (Fsp3) is 0.333. The molecule has 1 N–H and O–H groups in total. The first-order valence-corrected chi connectivity index (χ1v) is 7.06. The second kappa shape index (κ2) is 6.58. The number of hydrogen-bond acceptors (Lipinski definition) is 2. The van der Waals surface area contributed by atoms with Gasteiger partial charge in [0.25, 0.3) is 0 Å². The molecule has 1 unspecified atom stereocenters. The van der Waals surface area contributed by atoms with Crippen molar-refractivity contribution in [1.29, 1.82) is 0 Å². The molecule has 2 nitrogen and oxygen atoms in total. The van der Waals surface area contributed by atoms with Gasteiger partial charge in [-0.25, -0.2) is 0 Å². The second-order valence-electron chi connectivity index (χ2n) is 5.28. The van der Waals surface area contributed by atoms with Gasteiger partial charge >= 0.3 is 0 Å². The van der Waals surface area contributed by atoms with Gasteiger partial charge in [-0.2, -0.15) is 0 Å². The van der Waals surface area contributed by atoms with E-state index in [0.717, 1.165) is 17.7 Å². The van der Waals surface area contributed by atoms with E-state index in [4.69, 9.17) is 4.74 Å². The molecule has 0 aromatic heterocycles. The molecule has 0 aliphatic rings. The first kappa shape index (κ1) is 14.6. The summed E-state index contributed by atoms with van der Waals surface area (Å²) in [5.41, 5.74) is 4.63. The zero-order valence-corrected chi connectivity index (χ0v) is 12.4. The van der Waals surface area contributed by atoms with Crippen molar-refractivity contribution in [3.8, 4) is 5.75 Å². The Bertz CT molecular complexity index is 538. The minimum absolute atomic E-state index is 0.386. The summed E-state index contributed by atoms with van der Waals surface area (Å²) in [6.45, 7) is 6.72. The molecular formula is C18H22O2. The molecule has 0 radical (unpaired) electrons. The van der Waals surface area contributed by atoms with Crippen molar-refractivity contribution in [3.63, 3.8) is 0 Å². The summed E-state index contributed by atoms with van der Waals surface area (Å²) in [5.74, 6) is 0.830. The van der Waals surface area contributed by atoms with Crippen LogP contribution in [0.3, 0.4) is 0 Å². The Kier molecular flexibility index (Phi) is 4.80. The fourth-order valence-corrected chi connectivity index (χ4v) is 2.34. The van der Waals surface area contributed by atoms with E-state index < -0.39 is 0 Å². The zero-order chi connectivity index (χ0) is 14.5. The third-order valence-electron chi connectivity index (χ3n) is 3.34. The van der Waals surface area contributed by atoms with E-state index in [0.29, 0.717) is 6.61 Å². The Morgan fingerprint density at radius 2 is 1.60 bits per heavy atom. The number of ether oxygens (including phenoxy) is 1. The maximum absolute atomic E-state index is 9.75. The van der Waals surface area contributed by atoms with Crippen molar-refractivity contribution in [2.75, 3.05) is 0 Å². The monoisotopic (exact) mass is 270 g/mol. The van der Waals surface area contributed by atoms with Crippen LogP contribution < -0.4 is 4.74 Å². The second-order valence-corrected chi connectivity index (χ2v) is 5.28. The summed E-state index contributed by atoms with van der Waals surface area (Å²) < 4.78 is 5.79. The van der Waals surface area contributed by atoms with Crippen LogP contribution in [-0.4, -0.2) is 5.11 Å². The van der Waals surface area contributed by atoms with Crippen molar-refractivity contribution >= 4 is 0 Å². The fourth-order valence-electron chi connectivity index (χ4n) is 2.34. The molecule has 0 bridgehead atoms. The molecule has 2 heteroatoms. The van der Waals surface area contributed by atoms with Crippen LogP contribution in [0.15, 0.2) is 42.5 Å². The number of aliphatic hydroxyl groups is 1. The van der Waals surface area contributed by atoms with Crippen LogP contribution in [0.2, 0.25) is 0 Å². The summed E-state index contributed by atoms with van der Waals surface area (Å²) in [6, 6.07) is 14.1. The van der Waals surface area contributed by atoms with Gasteiger partial charge in [0.2, 0.25) is 0 Å². The highest BCUT2D eigenvalue weighted by Gasteiger charge is 2.04. The van der Waals surface area contributed by atoms with E-state index in [1.54, 1.807) is 0 Å². The van der Waals surface area contributed by atoms with Gasteiger partial charge in [0.1, 0.15) is 12.4 Å². The van der Waals surface area contributed by atoms with Crippen LogP contribution >= 0.6 is 0 Å². The average Bonchev–Trinajstić information content (AvgIpc) is 2.44. The highest BCUT2D eigenvalue weighted by atomic mass is 16.5. The van der Waals surface area contributed by atoms with E-state index in [2.05, 4.69) is 32.0 Å². The third-order valence-corrected chi connectivity index (χ3v) is 3.34. The lowest BCUT2D eigenvalue weighted by Gasteiger charge is -2.11. The molecule has 0 aliphatic carbocycles. The molecule has 0 heterocycles. The standard InChI is InChI=1S/C18H22O2/c1-4-18(19)16-5-7-17(8-6-16)20-12-15-10-13(2)9-14(3)11-15/h5-11,18-19H,4,12H2,1-3H3. The lowest BCUT2D eigenvalue weighted by molar-refractivity contribution is 0.173. The molecule has 0 spiro atoms. The summed E-state index contributed by atoms with van der Waals surface area (Å²) in [7, 11) is 0. The number of aliphatic hydroxyl groups excluding tert-OH is 1. The largest absolute Gasteiger partial charge is 0.489 e. The maximum Gasteiger partial charge on any atom is 0.119 e. The molecule has 0 saturated heterocycles. The Balaban J connectivity index is 2.00. The molecule has 106 valence electrons. The predicted octanol–water partition coefficient (Wildman–Crippen LogP) is 4.33. The molecule has 0 saturated carbocycles. The molecule has 2 aromatic rings. The molecule has 0 amide bonds. The number of benzene rings is 2. The summed E-state index contributed by atoms with van der Waals surface area (Å²) in [5, 5.41) is 9.75. The molecular weight excluding hydrogens is 248 g/mol. The topological polar surface area (TPSA) is 29.5 Å². The van der Waals surface area contributed by atoms with Gasteiger partial charge < -0.3 is 9.84 Å². The predicted molar refractivity (Wildman–Crippen MR) is 81.9 cm³/mol. The first-order valence-electron chi connectivity index (χ1n) is 7.06. The normalized spacial score (nSPS) is 12.2. The molecule has 0 fully saturated rings. The van der Waals surface area contributed by atoms with Gasteiger partial charge in [-0.1, -0.05) is 48.4 Å². The highest BCUT2D eigenvalue weighted by molar-refractivity contribution is 5.31. The van der Waals surface area contributed by atoms with Crippen LogP contribution in [0.25, 0.3) is 0 Å². The van der Waals surface area contributed by atoms with E-state index in [1.165, 1.54) is 16.7 Å². The lowest BCUT2D eigenvalue weighted by atomic mass is 10.1.